The molecule has 0 radical (unpaired) electrons. The zero-order valence-electron chi connectivity index (χ0n) is 10.8. The minimum atomic E-state index is -2.52. The van der Waals surface area contributed by atoms with Crippen molar-refractivity contribution in [2.75, 3.05) is 0 Å². The van der Waals surface area contributed by atoms with E-state index in [1.165, 1.54) is 0 Å². The Bertz CT molecular complexity index is 523. The molecule has 2 rings (SSSR count). The number of aromatic hydroxyl groups is 2. The summed E-state index contributed by atoms with van der Waals surface area (Å²) in [4.78, 5) is 6.43. The van der Waals surface area contributed by atoms with Crippen molar-refractivity contribution in [2.45, 2.75) is 19.7 Å². The monoisotopic (exact) mass is 400 g/mol. The Morgan fingerprint density at radius 3 is 1.47 bits per heavy atom. The van der Waals surface area contributed by atoms with Crippen molar-refractivity contribution in [3.05, 3.63) is 48.5 Å². The van der Waals surface area contributed by atoms with E-state index in [1.807, 2.05) is 36.4 Å². The van der Waals surface area contributed by atoms with E-state index in [4.69, 9.17) is 0 Å². The van der Waals surface area contributed by atoms with Gasteiger partial charge in [-0.2, -0.15) is 0 Å². The van der Waals surface area contributed by atoms with Gasteiger partial charge in [-0.25, -0.2) is 0 Å². The van der Waals surface area contributed by atoms with Crippen molar-refractivity contribution in [3.63, 3.8) is 0 Å². The van der Waals surface area contributed by atoms with Crippen molar-refractivity contribution in [2.24, 2.45) is 0 Å². The standard InChI is InChI=1S/2C6H6OS.2CH3.Sn/c2*7-5-3-1-2-4-6(5)8;;;/h2*1-4,7-8H;2*1H3;/q;;;;+2/p-2. The molecule has 0 spiro atoms. The van der Waals surface area contributed by atoms with Gasteiger partial charge in [0.15, 0.2) is 0 Å². The van der Waals surface area contributed by atoms with E-state index >= 15 is 0 Å². The van der Waals surface area contributed by atoms with Gasteiger partial charge in [-0.3, -0.25) is 0 Å². The molecule has 2 nitrogen and oxygen atoms in total. The fourth-order valence-electron chi connectivity index (χ4n) is 1.64. The number of phenolic OH excluding ortho intramolecular Hbond substituents is 2. The molecule has 0 saturated heterocycles. The first kappa shape index (κ1) is 14.9. The Morgan fingerprint density at radius 2 is 1.11 bits per heavy atom. The first-order valence-corrected chi connectivity index (χ1v) is 20.3. The van der Waals surface area contributed by atoms with Crippen LogP contribution in [0.1, 0.15) is 0 Å². The average Bonchev–Trinajstić information content (AvgIpc) is 2.35. The van der Waals surface area contributed by atoms with Crippen LogP contribution in [-0.4, -0.2) is 25.8 Å². The first-order valence-electron chi connectivity index (χ1n) is 5.92. The molecule has 0 amide bonds. The molecule has 0 fully saturated rings. The van der Waals surface area contributed by atoms with Gasteiger partial charge in [0.05, 0.1) is 0 Å². The van der Waals surface area contributed by atoms with E-state index in [0.29, 0.717) is 11.5 Å². The zero-order chi connectivity index (χ0) is 13.9. The van der Waals surface area contributed by atoms with Gasteiger partial charge in [-0.1, -0.05) is 0 Å². The van der Waals surface area contributed by atoms with Gasteiger partial charge >= 0.3 is 123 Å². The van der Waals surface area contributed by atoms with Crippen molar-refractivity contribution in [1.82, 2.24) is 0 Å². The van der Waals surface area contributed by atoms with E-state index in [9.17, 15) is 10.2 Å². The van der Waals surface area contributed by atoms with Crippen LogP contribution in [0.3, 0.4) is 0 Å². The summed E-state index contributed by atoms with van der Waals surface area (Å²) >= 11 is -2.52. The van der Waals surface area contributed by atoms with E-state index in [-0.39, 0.29) is 0 Å². The van der Waals surface area contributed by atoms with Crippen LogP contribution in [-0.2, 0) is 0 Å². The topological polar surface area (TPSA) is 40.5 Å². The second-order valence-corrected chi connectivity index (χ2v) is 32.7. The maximum absolute atomic E-state index is 9.85. The Hall–Kier alpha value is -0.461. The van der Waals surface area contributed by atoms with E-state index in [0.717, 1.165) is 9.79 Å². The van der Waals surface area contributed by atoms with Gasteiger partial charge < -0.3 is 0 Å². The molecule has 0 heterocycles. The second-order valence-electron chi connectivity index (χ2n) is 4.54. The summed E-state index contributed by atoms with van der Waals surface area (Å²) in [5, 5.41) is 19.7. The zero-order valence-corrected chi connectivity index (χ0v) is 15.3. The number of hydrogen-bond acceptors (Lipinski definition) is 4. The Balaban J connectivity index is 2.15. The SMILES string of the molecule is [CH3][Sn]([CH3])([S]c1ccccc1O)[S]c1ccccc1O. The normalized spacial score (nSPS) is 11.5. The number of para-hydroxylation sites is 2. The van der Waals surface area contributed by atoms with Crippen LogP contribution in [0.15, 0.2) is 58.3 Å². The molecule has 0 aromatic heterocycles. The summed E-state index contributed by atoms with van der Waals surface area (Å²) in [5.74, 6) is 0.685. The summed E-state index contributed by atoms with van der Waals surface area (Å²) in [6.07, 6.45) is 0. The molecule has 2 aromatic carbocycles. The number of benzene rings is 2. The van der Waals surface area contributed by atoms with Crippen LogP contribution >= 0.6 is 17.9 Å². The molecular weight excluding hydrogens is 383 g/mol. The van der Waals surface area contributed by atoms with Crippen LogP contribution in [0.5, 0.6) is 11.5 Å². The van der Waals surface area contributed by atoms with Gasteiger partial charge in [-0.15, -0.1) is 0 Å². The first-order chi connectivity index (χ1) is 8.98. The molecule has 0 unspecified atom stereocenters. The Morgan fingerprint density at radius 1 is 0.737 bits per heavy atom. The van der Waals surface area contributed by atoms with E-state index < -0.39 is 15.6 Å². The van der Waals surface area contributed by atoms with Crippen LogP contribution in [0.2, 0.25) is 9.88 Å². The van der Waals surface area contributed by atoms with Gasteiger partial charge in [0.2, 0.25) is 0 Å². The Labute approximate surface area is 123 Å². The fraction of sp³-hybridized carbons (Fsp3) is 0.143. The van der Waals surface area contributed by atoms with Crippen LogP contribution in [0.4, 0.5) is 0 Å². The molecule has 19 heavy (non-hydrogen) atoms. The van der Waals surface area contributed by atoms with Crippen LogP contribution in [0, 0.1) is 0 Å². The third-order valence-electron chi connectivity index (χ3n) is 2.44. The van der Waals surface area contributed by atoms with Crippen LogP contribution in [0.25, 0.3) is 0 Å². The molecular formula is C14H16O2S2Sn. The molecule has 100 valence electrons. The predicted molar refractivity (Wildman–Crippen MR) is 85.4 cm³/mol. The summed E-state index contributed by atoms with van der Waals surface area (Å²) in [6, 6.07) is 14.9. The molecule has 0 aliphatic rings. The second kappa shape index (κ2) is 6.33. The van der Waals surface area contributed by atoms with E-state index in [2.05, 4.69) is 9.88 Å². The predicted octanol–water partition coefficient (Wildman–Crippen LogP) is 4.68. The fourth-order valence-corrected chi connectivity index (χ4v) is 20.2. The third-order valence-corrected chi connectivity index (χ3v) is 20.1. The van der Waals surface area contributed by atoms with Gasteiger partial charge in [0.25, 0.3) is 0 Å². The van der Waals surface area contributed by atoms with Crippen molar-refractivity contribution in [1.29, 1.82) is 0 Å². The number of rotatable bonds is 4. The molecule has 2 aromatic rings. The maximum atomic E-state index is 9.85. The van der Waals surface area contributed by atoms with Crippen LogP contribution < -0.4 is 0 Å². The van der Waals surface area contributed by atoms with Gasteiger partial charge in [0, 0.05) is 0 Å². The molecule has 5 heteroatoms. The minimum absolute atomic E-state index is 0.343. The summed E-state index contributed by atoms with van der Waals surface area (Å²) in [6.45, 7) is 0. The van der Waals surface area contributed by atoms with Crippen molar-refractivity contribution >= 4 is 33.5 Å². The van der Waals surface area contributed by atoms with Gasteiger partial charge in [-0.05, 0) is 0 Å². The van der Waals surface area contributed by atoms with Crippen molar-refractivity contribution < 1.29 is 10.2 Å². The molecule has 2 N–H and O–H groups in total. The third kappa shape index (κ3) is 4.26. The summed E-state index contributed by atoms with van der Waals surface area (Å²) in [7, 11) is 3.58. The number of phenols is 2. The molecule has 0 aliphatic heterocycles. The molecule has 0 bridgehead atoms. The molecule has 0 atom stereocenters. The van der Waals surface area contributed by atoms with Gasteiger partial charge in [0.1, 0.15) is 0 Å². The quantitative estimate of drug-likeness (QED) is 0.733. The number of hydrogen-bond donors (Lipinski definition) is 2. The summed E-state index contributed by atoms with van der Waals surface area (Å²) in [5.41, 5.74) is 0. The van der Waals surface area contributed by atoms with E-state index in [1.54, 1.807) is 30.0 Å². The average molecular weight is 399 g/mol. The summed E-state index contributed by atoms with van der Waals surface area (Å²) < 4.78 is 0. The molecule has 0 saturated carbocycles. The van der Waals surface area contributed by atoms with Crippen molar-refractivity contribution in [3.8, 4) is 11.5 Å². The molecule has 0 aliphatic carbocycles. The Kier molecular flexibility index (Phi) is 4.97.